The molecular formula is C18H30ClN3O3S. The van der Waals surface area contributed by atoms with Gasteiger partial charge in [-0.2, -0.15) is 4.31 Å². The summed E-state index contributed by atoms with van der Waals surface area (Å²) in [6.45, 7) is 6.19. The van der Waals surface area contributed by atoms with Crippen molar-refractivity contribution in [3.05, 3.63) is 29.8 Å². The first kappa shape index (κ1) is 22.9. The molecule has 0 saturated carbocycles. The number of rotatable bonds is 7. The minimum atomic E-state index is -3.51. The third kappa shape index (κ3) is 5.42. The van der Waals surface area contributed by atoms with Crippen LogP contribution in [-0.4, -0.2) is 55.8 Å². The second-order valence-corrected chi connectivity index (χ2v) is 8.52. The maximum atomic E-state index is 12.8. The highest BCUT2D eigenvalue weighted by atomic mass is 35.5. The zero-order valence-electron chi connectivity index (χ0n) is 15.6. The van der Waals surface area contributed by atoms with Crippen molar-refractivity contribution in [1.82, 2.24) is 9.21 Å². The highest BCUT2D eigenvalue weighted by Gasteiger charge is 2.25. The Labute approximate surface area is 163 Å². The lowest BCUT2D eigenvalue weighted by atomic mass is 10.1. The maximum absolute atomic E-state index is 12.8. The van der Waals surface area contributed by atoms with Crippen molar-refractivity contribution in [3.63, 3.8) is 0 Å². The van der Waals surface area contributed by atoms with E-state index in [1.54, 1.807) is 17.0 Å². The summed E-state index contributed by atoms with van der Waals surface area (Å²) in [5, 5.41) is 0. The topological polar surface area (TPSA) is 83.7 Å². The molecule has 0 spiro atoms. The molecule has 1 heterocycles. The third-order valence-electron chi connectivity index (χ3n) is 4.43. The van der Waals surface area contributed by atoms with Crippen molar-refractivity contribution >= 4 is 28.3 Å². The van der Waals surface area contributed by atoms with Crippen LogP contribution in [0.1, 0.15) is 49.9 Å². The van der Waals surface area contributed by atoms with Crippen molar-refractivity contribution in [2.45, 2.75) is 50.5 Å². The second-order valence-electron chi connectivity index (χ2n) is 6.58. The first-order valence-corrected chi connectivity index (χ1v) is 10.5. The van der Waals surface area contributed by atoms with Gasteiger partial charge in [0.2, 0.25) is 10.0 Å². The van der Waals surface area contributed by atoms with Gasteiger partial charge in [-0.05, 0) is 49.9 Å². The minimum absolute atomic E-state index is 0. The second kappa shape index (κ2) is 10.3. The zero-order valence-corrected chi connectivity index (χ0v) is 17.2. The van der Waals surface area contributed by atoms with E-state index in [1.807, 2.05) is 13.8 Å². The Bertz CT molecular complexity index is 673. The van der Waals surface area contributed by atoms with Crippen molar-refractivity contribution in [2.24, 2.45) is 5.73 Å². The molecule has 1 amide bonds. The fourth-order valence-electron chi connectivity index (χ4n) is 3.15. The predicted octanol–water partition coefficient (Wildman–Crippen LogP) is 2.48. The molecule has 0 radical (unpaired) electrons. The SMILES string of the molecule is CCCN(CCC)S(=O)(=O)c1ccc(C(=O)N2CCCC(N)C2)cc1.Cl. The molecule has 8 heteroatoms. The molecule has 2 rings (SSSR count). The highest BCUT2D eigenvalue weighted by molar-refractivity contribution is 7.89. The minimum Gasteiger partial charge on any atom is -0.337 e. The first-order valence-electron chi connectivity index (χ1n) is 9.05. The van der Waals surface area contributed by atoms with Gasteiger partial charge in [0.25, 0.3) is 5.91 Å². The summed E-state index contributed by atoms with van der Waals surface area (Å²) in [6, 6.07) is 6.29. The number of nitrogens with two attached hydrogens (primary N) is 1. The van der Waals surface area contributed by atoms with E-state index >= 15 is 0 Å². The van der Waals surface area contributed by atoms with Crippen molar-refractivity contribution in [1.29, 1.82) is 0 Å². The normalized spacial score (nSPS) is 17.8. The predicted molar refractivity (Wildman–Crippen MR) is 106 cm³/mol. The number of nitrogens with zero attached hydrogens (tertiary/aromatic N) is 2. The van der Waals surface area contributed by atoms with Gasteiger partial charge in [-0.3, -0.25) is 4.79 Å². The van der Waals surface area contributed by atoms with Gasteiger partial charge in [0.1, 0.15) is 0 Å². The lowest BCUT2D eigenvalue weighted by Crippen LogP contribution is -2.45. The highest BCUT2D eigenvalue weighted by Crippen LogP contribution is 2.19. The molecule has 6 nitrogen and oxygen atoms in total. The maximum Gasteiger partial charge on any atom is 0.253 e. The van der Waals surface area contributed by atoms with Crippen LogP contribution in [0.2, 0.25) is 0 Å². The first-order chi connectivity index (χ1) is 11.9. The summed E-state index contributed by atoms with van der Waals surface area (Å²) in [6.07, 6.45) is 3.38. The number of benzene rings is 1. The smallest absolute Gasteiger partial charge is 0.253 e. The Morgan fingerprint density at radius 1 is 1.19 bits per heavy atom. The van der Waals surface area contributed by atoms with Gasteiger partial charge < -0.3 is 10.6 Å². The fraction of sp³-hybridized carbons (Fsp3) is 0.611. The summed E-state index contributed by atoms with van der Waals surface area (Å²) < 4.78 is 27.0. The largest absolute Gasteiger partial charge is 0.337 e. The molecule has 2 N–H and O–H groups in total. The summed E-state index contributed by atoms with van der Waals surface area (Å²) in [7, 11) is -3.51. The average Bonchev–Trinajstić information content (AvgIpc) is 2.61. The molecule has 1 aromatic rings. The number of hydrogen-bond donors (Lipinski definition) is 1. The van der Waals surface area contributed by atoms with E-state index in [1.165, 1.54) is 16.4 Å². The van der Waals surface area contributed by atoms with Crippen LogP contribution in [0.15, 0.2) is 29.2 Å². The number of piperidine rings is 1. The standard InChI is InChI=1S/C18H29N3O3S.ClH/c1-3-11-21(12-4-2)25(23,24)17-9-7-15(8-10-17)18(22)20-13-5-6-16(19)14-20;/h7-10,16H,3-6,11-14,19H2,1-2H3;1H. The van der Waals surface area contributed by atoms with Crippen LogP contribution in [0.5, 0.6) is 0 Å². The quantitative estimate of drug-likeness (QED) is 0.757. The van der Waals surface area contributed by atoms with Gasteiger partial charge in [-0.15, -0.1) is 12.4 Å². The van der Waals surface area contributed by atoms with E-state index in [9.17, 15) is 13.2 Å². The lowest BCUT2D eigenvalue weighted by Gasteiger charge is -2.30. The Kier molecular flexibility index (Phi) is 9.03. The number of likely N-dealkylation sites (tertiary alicyclic amines) is 1. The molecule has 1 aromatic carbocycles. The monoisotopic (exact) mass is 403 g/mol. The number of halogens is 1. The molecule has 0 aromatic heterocycles. The summed E-state index contributed by atoms with van der Waals surface area (Å²) in [4.78, 5) is 14.5. The van der Waals surface area contributed by atoms with Crippen LogP contribution in [0.3, 0.4) is 0 Å². The molecule has 26 heavy (non-hydrogen) atoms. The molecule has 0 aliphatic carbocycles. The summed E-state index contributed by atoms with van der Waals surface area (Å²) in [5.41, 5.74) is 6.44. The number of sulfonamides is 1. The molecule has 1 unspecified atom stereocenters. The number of carbonyl (C=O) groups is 1. The Hall–Kier alpha value is -1.15. The molecule has 1 aliphatic rings. The molecule has 1 fully saturated rings. The molecule has 0 bridgehead atoms. The van der Waals surface area contributed by atoms with Crippen molar-refractivity contribution < 1.29 is 13.2 Å². The van der Waals surface area contributed by atoms with Crippen LogP contribution >= 0.6 is 12.4 Å². The van der Waals surface area contributed by atoms with Crippen LogP contribution in [0.4, 0.5) is 0 Å². The van der Waals surface area contributed by atoms with Crippen molar-refractivity contribution in [3.8, 4) is 0 Å². The van der Waals surface area contributed by atoms with E-state index in [0.29, 0.717) is 31.7 Å². The molecule has 1 saturated heterocycles. The van der Waals surface area contributed by atoms with Crippen molar-refractivity contribution in [2.75, 3.05) is 26.2 Å². The van der Waals surface area contributed by atoms with Gasteiger partial charge >= 0.3 is 0 Å². The van der Waals surface area contributed by atoms with Gasteiger partial charge in [0, 0.05) is 37.8 Å². The lowest BCUT2D eigenvalue weighted by molar-refractivity contribution is 0.0708. The third-order valence-corrected chi connectivity index (χ3v) is 6.34. The molecular weight excluding hydrogens is 374 g/mol. The fourth-order valence-corrected chi connectivity index (χ4v) is 4.77. The Morgan fingerprint density at radius 3 is 2.27 bits per heavy atom. The number of amides is 1. The van der Waals surface area contributed by atoms with E-state index in [-0.39, 0.29) is 29.3 Å². The number of carbonyl (C=O) groups excluding carboxylic acids is 1. The Balaban J connectivity index is 0.00000338. The van der Waals surface area contributed by atoms with Crippen LogP contribution < -0.4 is 5.73 Å². The van der Waals surface area contributed by atoms with E-state index in [2.05, 4.69) is 0 Å². The zero-order chi connectivity index (χ0) is 18.4. The summed E-state index contributed by atoms with van der Waals surface area (Å²) in [5.74, 6) is -0.0851. The number of hydrogen-bond acceptors (Lipinski definition) is 4. The van der Waals surface area contributed by atoms with Crippen LogP contribution in [-0.2, 0) is 10.0 Å². The van der Waals surface area contributed by atoms with Gasteiger partial charge in [0.15, 0.2) is 0 Å². The molecule has 1 atom stereocenters. The van der Waals surface area contributed by atoms with Gasteiger partial charge in [0.05, 0.1) is 4.90 Å². The molecule has 148 valence electrons. The Morgan fingerprint density at radius 2 is 1.77 bits per heavy atom. The molecule has 1 aliphatic heterocycles. The summed E-state index contributed by atoms with van der Waals surface area (Å²) >= 11 is 0. The van der Waals surface area contributed by atoms with Gasteiger partial charge in [-0.25, -0.2) is 8.42 Å². The van der Waals surface area contributed by atoms with Crippen LogP contribution in [0.25, 0.3) is 0 Å². The van der Waals surface area contributed by atoms with Crippen LogP contribution in [0, 0.1) is 0 Å². The van der Waals surface area contributed by atoms with E-state index in [4.69, 9.17) is 5.73 Å². The van der Waals surface area contributed by atoms with E-state index < -0.39 is 10.0 Å². The van der Waals surface area contributed by atoms with Gasteiger partial charge in [-0.1, -0.05) is 13.8 Å². The van der Waals surface area contributed by atoms with E-state index in [0.717, 1.165) is 25.7 Å². The average molecular weight is 404 g/mol.